The summed E-state index contributed by atoms with van der Waals surface area (Å²) in [5.74, 6) is 1.47. The Hall–Kier alpha value is -2.28. The molecule has 0 atom stereocenters. The third-order valence-electron chi connectivity index (χ3n) is 2.97. The molecular formula is C14H16N6S. The van der Waals surface area contributed by atoms with Gasteiger partial charge in [-0.1, -0.05) is 13.0 Å². The Morgan fingerprint density at radius 3 is 3.00 bits per heavy atom. The number of rotatable bonds is 5. The molecule has 1 N–H and O–H groups in total. The minimum Gasteiger partial charge on any atom is -0.315 e. The highest BCUT2D eigenvalue weighted by Crippen LogP contribution is 2.25. The summed E-state index contributed by atoms with van der Waals surface area (Å²) in [7, 11) is 0. The highest BCUT2D eigenvalue weighted by molar-refractivity contribution is 7.09. The normalized spacial score (nSPS) is 10.8. The maximum Gasteiger partial charge on any atom is 0.208 e. The molecule has 0 amide bonds. The maximum atomic E-state index is 4.51. The Balaban J connectivity index is 1.81. The average Bonchev–Trinajstić information content (AvgIpc) is 3.07. The summed E-state index contributed by atoms with van der Waals surface area (Å²) >= 11 is 1.32. The van der Waals surface area contributed by atoms with Gasteiger partial charge >= 0.3 is 0 Å². The van der Waals surface area contributed by atoms with Gasteiger partial charge in [0, 0.05) is 30.5 Å². The zero-order valence-electron chi connectivity index (χ0n) is 11.9. The summed E-state index contributed by atoms with van der Waals surface area (Å²) in [6.07, 6.45) is 4.80. The van der Waals surface area contributed by atoms with Crippen molar-refractivity contribution in [2.24, 2.45) is 0 Å². The van der Waals surface area contributed by atoms with E-state index >= 15 is 0 Å². The molecule has 21 heavy (non-hydrogen) atoms. The second kappa shape index (κ2) is 6.01. The lowest BCUT2D eigenvalue weighted by Crippen LogP contribution is -1.96. The van der Waals surface area contributed by atoms with E-state index in [1.165, 1.54) is 11.5 Å². The zero-order chi connectivity index (χ0) is 14.7. The van der Waals surface area contributed by atoms with E-state index in [-0.39, 0.29) is 0 Å². The molecule has 0 saturated carbocycles. The molecule has 0 aliphatic carbocycles. The molecule has 0 unspecified atom stereocenters. The summed E-state index contributed by atoms with van der Waals surface area (Å²) in [5.41, 5.74) is 1.93. The van der Waals surface area contributed by atoms with Crippen LogP contribution in [-0.4, -0.2) is 24.1 Å². The zero-order valence-corrected chi connectivity index (χ0v) is 12.8. The average molecular weight is 300 g/mol. The summed E-state index contributed by atoms with van der Waals surface area (Å²) in [6, 6.07) is 5.70. The van der Waals surface area contributed by atoms with E-state index in [2.05, 4.69) is 31.7 Å². The van der Waals surface area contributed by atoms with Crippen molar-refractivity contribution in [3.8, 4) is 11.4 Å². The van der Waals surface area contributed by atoms with Crippen molar-refractivity contribution in [1.29, 1.82) is 0 Å². The number of pyridine rings is 1. The van der Waals surface area contributed by atoms with E-state index in [1.807, 2.05) is 36.0 Å². The smallest absolute Gasteiger partial charge is 0.208 e. The van der Waals surface area contributed by atoms with Crippen LogP contribution in [0.1, 0.15) is 19.0 Å². The molecule has 108 valence electrons. The molecule has 0 aromatic carbocycles. The van der Waals surface area contributed by atoms with Crippen molar-refractivity contribution in [3.63, 3.8) is 0 Å². The first-order valence-corrected chi connectivity index (χ1v) is 7.60. The van der Waals surface area contributed by atoms with Crippen molar-refractivity contribution < 1.29 is 0 Å². The van der Waals surface area contributed by atoms with Crippen molar-refractivity contribution in [2.75, 3.05) is 5.32 Å². The fraction of sp³-hybridized carbons (Fsp3) is 0.286. The summed E-state index contributed by atoms with van der Waals surface area (Å²) in [4.78, 5) is 8.73. The van der Waals surface area contributed by atoms with Crippen LogP contribution in [-0.2, 0) is 6.54 Å². The van der Waals surface area contributed by atoms with Crippen LogP contribution in [0.2, 0.25) is 0 Å². The molecule has 3 aromatic heterocycles. The standard InChI is InChI=1S/C14H16N6S/c1-3-8-20-9-11(10(2)18-20)13-17-14(21-19-13)16-12-6-4-5-7-15-12/h4-7,9H,3,8H2,1-2H3,(H,15,16,17,19). The van der Waals surface area contributed by atoms with E-state index in [0.29, 0.717) is 5.82 Å². The molecule has 0 bridgehead atoms. The maximum absolute atomic E-state index is 4.51. The van der Waals surface area contributed by atoms with Gasteiger partial charge in [0.1, 0.15) is 5.82 Å². The van der Waals surface area contributed by atoms with Gasteiger partial charge < -0.3 is 5.32 Å². The van der Waals surface area contributed by atoms with Gasteiger partial charge in [0.2, 0.25) is 5.13 Å². The number of aromatic nitrogens is 5. The second-order valence-electron chi connectivity index (χ2n) is 4.65. The van der Waals surface area contributed by atoms with Crippen LogP contribution >= 0.6 is 11.5 Å². The highest BCUT2D eigenvalue weighted by atomic mass is 32.1. The van der Waals surface area contributed by atoms with Crippen LogP contribution in [0, 0.1) is 6.92 Å². The molecule has 3 aromatic rings. The van der Waals surface area contributed by atoms with Gasteiger partial charge in [-0.2, -0.15) is 14.5 Å². The van der Waals surface area contributed by atoms with Gasteiger partial charge in [0.15, 0.2) is 5.82 Å². The largest absolute Gasteiger partial charge is 0.315 e. The predicted octanol–water partition coefficient (Wildman–Crippen LogP) is 3.26. The summed E-state index contributed by atoms with van der Waals surface area (Å²) in [5, 5.41) is 8.36. The second-order valence-corrected chi connectivity index (χ2v) is 5.41. The van der Waals surface area contributed by atoms with Crippen LogP contribution in [0.15, 0.2) is 30.6 Å². The van der Waals surface area contributed by atoms with Gasteiger partial charge in [-0.15, -0.1) is 0 Å². The fourth-order valence-corrected chi connectivity index (χ4v) is 2.60. The fourth-order valence-electron chi connectivity index (χ4n) is 2.01. The van der Waals surface area contributed by atoms with E-state index in [1.54, 1.807) is 6.20 Å². The predicted molar refractivity (Wildman–Crippen MR) is 83.7 cm³/mol. The van der Waals surface area contributed by atoms with E-state index in [4.69, 9.17) is 0 Å². The Bertz CT molecular complexity index is 718. The van der Waals surface area contributed by atoms with Gasteiger partial charge in [0.05, 0.1) is 11.3 Å². The SMILES string of the molecule is CCCn1cc(-c2nsc(Nc3ccccn3)n2)c(C)n1. The number of hydrogen-bond donors (Lipinski definition) is 1. The van der Waals surface area contributed by atoms with Crippen molar-refractivity contribution in [3.05, 3.63) is 36.3 Å². The van der Waals surface area contributed by atoms with E-state index < -0.39 is 0 Å². The molecule has 3 heterocycles. The first-order valence-electron chi connectivity index (χ1n) is 6.82. The molecule has 3 rings (SSSR count). The molecule has 0 spiro atoms. The van der Waals surface area contributed by atoms with E-state index in [0.717, 1.165) is 35.2 Å². The summed E-state index contributed by atoms with van der Waals surface area (Å²) in [6.45, 7) is 5.02. The van der Waals surface area contributed by atoms with E-state index in [9.17, 15) is 0 Å². The molecular weight excluding hydrogens is 284 g/mol. The Kier molecular flexibility index (Phi) is 3.92. The third kappa shape index (κ3) is 3.08. The van der Waals surface area contributed by atoms with Crippen LogP contribution in [0.5, 0.6) is 0 Å². The number of aryl methyl sites for hydroxylation is 2. The van der Waals surface area contributed by atoms with Crippen molar-refractivity contribution in [2.45, 2.75) is 26.8 Å². The Morgan fingerprint density at radius 1 is 1.33 bits per heavy atom. The first-order chi connectivity index (χ1) is 10.3. The number of hydrogen-bond acceptors (Lipinski definition) is 6. The van der Waals surface area contributed by atoms with Gasteiger partial charge in [-0.3, -0.25) is 4.68 Å². The van der Waals surface area contributed by atoms with Crippen molar-refractivity contribution >= 4 is 22.5 Å². The Labute approximate surface area is 127 Å². The van der Waals surface area contributed by atoms with Gasteiger partial charge in [-0.25, -0.2) is 4.98 Å². The van der Waals surface area contributed by atoms with Gasteiger partial charge in [-0.05, 0) is 25.5 Å². The molecule has 6 nitrogen and oxygen atoms in total. The third-order valence-corrected chi connectivity index (χ3v) is 3.60. The van der Waals surface area contributed by atoms with Crippen LogP contribution in [0.3, 0.4) is 0 Å². The van der Waals surface area contributed by atoms with Crippen LogP contribution < -0.4 is 5.32 Å². The minimum atomic E-state index is 0.707. The number of nitrogens with one attached hydrogen (secondary N) is 1. The molecule has 0 fully saturated rings. The van der Waals surface area contributed by atoms with Crippen LogP contribution in [0.25, 0.3) is 11.4 Å². The monoisotopic (exact) mass is 300 g/mol. The van der Waals surface area contributed by atoms with Gasteiger partial charge in [0.25, 0.3) is 0 Å². The van der Waals surface area contributed by atoms with Crippen LogP contribution in [0.4, 0.5) is 10.9 Å². The lowest BCUT2D eigenvalue weighted by atomic mass is 10.2. The molecule has 0 radical (unpaired) electrons. The Morgan fingerprint density at radius 2 is 2.24 bits per heavy atom. The minimum absolute atomic E-state index is 0.707. The molecule has 0 saturated heterocycles. The molecule has 0 aliphatic rings. The quantitative estimate of drug-likeness (QED) is 0.783. The first kappa shape index (κ1) is 13.7. The summed E-state index contributed by atoms with van der Waals surface area (Å²) < 4.78 is 6.35. The highest BCUT2D eigenvalue weighted by Gasteiger charge is 2.13. The molecule has 0 aliphatic heterocycles. The van der Waals surface area contributed by atoms with Crippen molar-refractivity contribution in [1.82, 2.24) is 24.1 Å². The topological polar surface area (TPSA) is 68.5 Å². The lowest BCUT2D eigenvalue weighted by Gasteiger charge is -1.98. The number of anilines is 2. The molecule has 7 heteroatoms. The lowest BCUT2D eigenvalue weighted by molar-refractivity contribution is 0.598. The number of nitrogens with zero attached hydrogens (tertiary/aromatic N) is 5.